The summed E-state index contributed by atoms with van der Waals surface area (Å²) in [5.41, 5.74) is 0.682. The Labute approximate surface area is 181 Å². The van der Waals surface area contributed by atoms with E-state index in [2.05, 4.69) is 0 Å². The van der Waals surface area contributed by atoms with Crippen molar-refractivity contribution in [3.8, 4) is 11.5 Å². The molecule has 0 radical (unpaired) electrons. The molecule has 0 aliphatic carbocycles. The number of piperidine rings is 1. The zero-order valence-corrected chi connectivity index (χ0v) is 18.5. The summed E-state index contributed by atoms with van der Waals surface area (Å²) in [6.45, 7) is 7.23. The summed E-state index contributed by atoms with van der Waals surface area (Å²) in [6.07, 6.45) is 4.64. The van der Waals surface area contributed by atoms with Crippen LogP contribution in [0, 0.1) is 0 Å². The lowest BCUT2D eigenvalue weighted by Crippen LogP contribution is -2.47. The Morgan fingerprint density at radius 2 is 1.97 bits per heavy atom. The van der Waals surface area contributed by atoms with Crippen LogP contribution in [0.3, 0.4) is 0 Å². The van der Waals surface area contributed by atoms with E-state index >= 15 is 0 Å². The van der Waals surface area contributed by atoms with Crippen molar-refractivity contribution in [1.29, 1.82) is 0 Å². The van der Waals surface area contributed by atoms with Gasteiger partial charge < -0.3 is 14.4 Å². The fourth-order valence-electron chi connectivity index (χ4n) is 3.64. The molecule has 3 rings (SSSR count). The summed E-state index contributed by atoms with van der Waals surface area (Å²) >= 11 is 0.848. The second-order valence-electron chi connectivity index (χ2n) is 7.27. The molecule has 2 saturated heterocycles. The van der Waals surface area contributed by atoms with Gasteiger partial charge in [0.25, 0.3) is 11.1 Å². The van der Waals surface area contributed by atoms with Crippen molar-refractivity contribution in [2.75, 3.05) is 26.3 Å². The van der Waals surface area contributed by atoms with E-state index in [9.17, 15) is 14.4 Å². The molecule has 3 amide bonds. The SMILES string of the molecule is CCOc1ccc(/C=C2\SC(=O)N(CC(=O)N3CCCC[C@@H]3C)C2=O)c(OCC)c1. The number of nitrogens with zero attached hydrogens (tertiary/aromatic N) is 2. The van der Waals surface area contributed by atoms with Gasteiger partial charge in [0.05, 0.1) is 18.1 Å². The maximum atomic E-state index is 12.8. The molecule has 1 aromatic rings. The Morgan fingerprint density at radius 3 is 2.67 bits per heavy atom. The van der Waals surface area contributed by atoms with E-state index in [4.69, 9.17) is 9.47 Å². The quantitative estimate of drug-likeness (QED) is 0.608. The first kappa shape index (κ1) is 22.2. The molecular weight excluding hydrogens is 404 g/mol. The van der Waals surface area contributed by atoms with Gasteiger partial charge in [-0.2, -0.15) is 0 Å². The number of hydrogen-bond donors (Lipinski definition) is 0. The number of imide groups is 1. The lowest BCUT2D eigenvalue weighted by Gasteiger charge is -2.34. The molecule has 1 aromatic carbocycles. The molecule has 0 bridgehead atoms. The average Bonchev–Trinajstić information content (AvgIpc) is 2.98. The predicted octanol–water partition coefficient (Wildman–Crippen LogP) is 3.92. The first-order valence-corrected chi connectivity index (χ1v) is 11.2. The number of carbonyl (C=O) groups excluding carboxylic acids is 3. The number of rotatable bonds is 7. The summed E-state index contributed by atoms with van der Waals surface area (Å²) < 4.78 is 11.2. The number of hydrogen-bond acceptors (Lipinski definition) is 6. The Morgan fingerprint density at radius 1 is 1.20 bits per heavy atom. The number of amides is 3. The van der Waals surface area contributed by atoms with Gasteiger partial charge in [-0.3, -0.25) is 19.3 Å². The van der Waals surface area contributed by atoms with Gasteiger partial charge in [-0.25, -0.2) is 0 Å². The molecule has 2 aliphatic rings. The number of thioether (sulfide) groups is 1. The van der Waals surface area contributed by atoms with Gasteiger partial charge in [0, 0.05) is 24.2 Å². The summed E-state index contributed by atoms with van der Waals surface area (Å²) in [6, 6.07) is 5.50. The summed E-state index contributed by atoms with van der Waals surface area (Å²) in [4.78, 5) is 41.0. The maximum absolute atomic E-state index is 12.8. The minimum atomic E-state index is -0.445. The molecule has 0 saturated carbocycles. The van der Waals surface area contributed by atoms with Crippen LogP contribution in [0.15, 0.2) is 23.1 Å². The highest BCUT2D eigenvalue weighted by atomic mass is 32.2. The highest BCUT2D eigenvalue weighted by Gasteiger charge is 2.38. The first-order chi connectivity index (χ1) is 14.4. The third-order valence-electron chi connectivity index (χ3n) is 5.17. The zero-order chi connectivity index (χ0) is 21.7. The van der Waals surface area contributed by atoms with Crippen molar-refractivity contribution in [3.05, 3.63) is 28.7 Å². The Hall–Kier alpha value is -2.48. The van der Waals surface area contributed by atoms with Crippen LogP contribution in [-0.4, -0.2) is 59.2 Å². The molecular formula is C22H28N2O5S. The number of benzene rings is 1. The maximum Gasteiger partial charge on any atom is 0.294 e. The van der Waals surface area contributed by atoms with E-state index in [1.165, 1.54) is 0 Å². The number of ether oxygens (including phenoxy) is 2. The Balaban J connectivity index is 1.77. The second-order valence-corrected chi connectivity index (χ2v) is 8.26. The van der Waals surface area contributed by atoms with Crippen LogP contribution < -0.4 is 9.47 Å². The number of carbonyl (C=O) groups is 3. The van der Waals surface area contributed by atoms with Crippen molar-refractivity contribution < 1.29 is 23.9 Å². The first-order valence-electron chi connectivity index (χ1n) is 10.4. The fraction of sp³-hybridized carbons (Fsp3) is 0.500. The summed E-state index contributed by atoms with van der Waals surface area (Å²) in [7, 11) is 0. The standard InChI is InChI=1S/C22H28N2O5S/c1-4-28-17-10-9-16(18(13-17)29-5-2)12-19-21(26)24(22(27)30-19)14-20(25)23-11-7-6-8-15(23)3/h9-10,12-13,15H,4-8,11,14H2,1-3H3/b19-12-/t15-/m0/s1. The molecule has 0 unspecified atom stereocenters. The lowest BCUT2D eigenvalue weighted by molar-refractivity contribution is -0.138. The van der Waals surface area contributed by atoms with Gasteiger partial charge in [0.15, 0.2) is 0 Å². The van der Waals surface area contributed by atoms with Crippen molar-refractivity contribution in [2.45, 2.75) is 46.1 Å². The molecule has 1 atom stereocenters. The third-order valence-corrected chi connectivity index (χ3v) is 6.08. The van der Waals surface area contributed by atoms with Gasteiger partial charge in [-0.05, 0) is 70.0 Å². The van der Waals surface area contributed by atoms with Gasteiger partial charge >= 0.3 is 0 Å². The molecule has 8 heteroatoms. The topological polar surface area (TPSA) is 76.2 Å². The van der Waals surface area contributed by atoms with Crippen molar-refractivity contribution in [1.82, 2.24) is 9.80 Å². The van der Waals surface area contributed by atoms with E-state index in [0.29, 0.717) is 36.8 Å². The lowest BCUT2D eigenvalue weighted by atomic mass is 10.0. The molecule has 0 N–H and O–H groups in total. The highest BCUT2D eigenvalue weighted by Crippen LogP contribution is 2.35. The average molecular weight is 433 g/mol. The van der Waals surface area contributed by atoms with Crippen molar-refractivity contribution in [2.24, 2.45) is 0 Å². The van der Waals surface area contributed by atoms with Crippen LogP contribution in [0.25, 0.3) is 6.08 Å². The largest absolute Gasteiger partial charge is 0.494 e. The molecule has 7 nitrogen and oxygen atoms in total. The number of likely N-dealkylation sites (tertiary alicyclic amines) is 1. The summed E-state index contributed by atoms with van der Waals surface area (Å²) in [5, 5.41) is -0.423. The normalized spacial score (nSPS) is 20.8. The molecule has 0 spiro atoms. The zero-order valence-electron chi connectivity index (χ0n) is 17.7. The smallest absolute Gasteiger partial charge is 0.294 e. The second kappa shape index (κ2) is 10.0. The molecule has 2 heterocycles. The molecule has 30 heavy (non-hydrogen) atoms. The van der Waals surface area contributed by atoms with Crippen molar-refractivity contribution in [3.63, 3.8) is 0 Å². The van der Waals surface area contributed by atoms with E-state index in [1.807, 2.05) is 20.8 Å². The van der Waals surface area contributed by atoms with Gasteiger partial charge in [-0.15, -0.1) is 0 Å². The van der Waals surface area contributed by atoms with Crippen LogP contribution in [0.2, 0.25) is 0 Å². The minimum absolute atomic E-state index is 0.138. The van der Waals surface area contributed by atoms with E-state index < -0.39 is 11.1 Å². The molecule has 162 valence electrons. The van der Waals surface area contributed by atoms with E-state index in [1.54, 1.807) is 29.2 Å². The predicted molar refractivity (Wildman–Crippen MR) is 116 cm³/mol. The molecule has 2 aliphatic heterocycles. The fourth-order valence-corrected chi connectivity index (χ4v) is 4.47. The van der Waals surface area contributed by atoms with Crippen molar-refractivity contribution >= 4 is 34.9 Å². The Kier molecular flexibility index (Phi) is 7.42. The van der Waals surface area contributed by atoms with E-state index in [-0.39, 0.29) is 23.4 Å². The van der Waals surface area contributed by atoms with Crippen LogP contribution in [-0.2, 0) is 9.59 Å². The Bertz CT molecular complexity index is 854. The molecule has 2 fully saturated rings. The van der Waals surface area contributed by atoms with Crippen LogP contribution >= 0.6 is 11.8 Å². The highest BCUT2D eigenvalue weighted by molar-refractivity contribution is 8.18. The van der Waals surface area contributed by atoms with Gasteiger partial charge in [0.1, 0.15) is 18.0 Å². The van der Waals surface area contributed by atoms with Gasteiger partial charge in [-0.1, -0.05) is 0 Å². The third kappa shape index (κ3) is 4.98. The van der Waals surface area contributed by atoms with Crippen LogP contribution in [0.4, 0.5) is 4.79 Å². The minimum Gasteiger partial charge on any atom is -0.494 e. The van der Waals surface area contributed by atoms with Crippen LogP contribution in [0.1, 0.15) is 45.6 Å². The van der Waals surface area contributed by atoms with Gasteiger partial charge in [0.2, 0.25) is 5.91 Å². The van der Waals surface area contributed by atoms with Crippen LogP contribution in [0.5, 0.6) is 11.5 Å². The molecule has 0 aromatic heterocycles. The summed E-state index contributed by atoms with van der Waals surface area (Å²) in [5.74, 6) is 0.627. The van der Waals surface area contributed by atoms with E-state index in [0.717, 1.165) is 35.9 Å². The monoisotopic (exact) mass is 432 g/mol.